The number of allylic oxidation sites excluding steroid dienone is 1. The molecule has 2 aliphatic rings. The summed E-state index contributed by atoms with van der Waals surface area (Å²) in [5.74, 6) is 0.895. The molecule has 0 saturated carbocycles. The highest BCUT2D eigenvalue weighted by Crippen LogP contribution is 2.45. The van der Waals surface area contributed by atoms with Gasteiger partial charge in [0.15, 0.2) is 5.78 Å². The molecule has 1 aromatic carbocycles. The lowest BCUT2D eigenvalue weighted by Crippen LogP contribution is -2.27. The molecule has 0 spiro atoms. The van der Waals surface area contributed by atoms with Gasteiger partial charge in [-0.1, -0.05) is 35.8 Å². The van der Waals surface area contributed by atoms with E-state index in [0.29, 0.717) is 12.2 Å². The van der Waals surface area contributed by atoms with Gasteiger partial charge in [0.25, 0.3) is 0 Å². The molecule has 4 nitrogen and oxygen atoms in total. The van der Waals surface area contributed by atoms with Crippen molar-refractivity contribution in [1.29, 1.82) is 5.26 Å². The Morgan fingerprint density at radius 1 is 1.35 bits per heavy atom. The summed E-state index contributed by atoms with van der Waals surface area (Å²) < 4.78 is 5.77. The van der Waals surface area contributed by atoms with Crippen LogP contribution in [0.5, 0.6) is 5.75 Å². The Kier molecular flexibility index (Phi) is 4.04. The number of nitrogens with one attached hydrogen (secondary N) is 1. The standard InChI is InChI=1S/C21H19BrN2O2/c1-21(2)16-10-14(26-6-5-22)4-3-13(16)9-15-19-17(24-20(15)21)7-12(11-23)8-18(19)25/h3-4,7,10,24H,5-6,8-9H2,1-2H3. The minimum absolute atomic E-state index is 0.0353. The Labute approximate surface area is 161 Å². The van der Waals surface area contributed by atoms with Gasteiger partial charge in [-0.15, -0.1) is 0 Å². The molecular weight excluding hydrogens is 392 g/mol. The van der Waals surface area contributed by atoms with Crippen LogP contribution in [0.1, 0.15) is 58.7 Å². The number of fused-ring (bicyclic) bond motifs is 4. The second kappa shape index (κ2) is 6.14. The average Bonchev–Trinajstić information content (AvgIpc) is 3.00. The van der Waals surface area contributed by atoms with E-state index in [-0.39, 0.29) is 17.6 Å². The zero-order chi connectivity index (χ0) is 18.5. The number of H-pyrrole nitrogens is 1. The van der Waals surface area contributed by atoms with Gasteiger partial charge in [-0.25, -0.2) is 0 Å². The van der Waals surface area contributed by atoms with E-state index in [0.717, 1.165) is 40.0 Å². The quantitative estimate of drug-likeness (QED) is 0.756. The lowest BCUT2D eigenvalue weighted by molar-refractivity contribution is 0.0992. The zero-order valence-electron chi connectivity index (χ0n) is 14.8. The van der Waals surface area contributed by atoms with Crippen LogP contribution in [0.2, 0.25) is 0 Å². The predicted molar refractivity (Wildman–Crippen MR) is 104 cm³/mol. The number of nitriles is 1. The van der Waals surface area contributed by atoms with Gasteiger partial charge in [0.05, 0.1) is 18.4 Å². The Bertz CT molecular complexity index is 992. The molecule has 0 unspecified atom stereocenters. The van der Waals surface area contributed by atoms with Gasteiger partial charge in [0.1, 0.15) is 5.75 Å². The Balaban J connectivity index is 1.84. The molecular formula is C21H19BrN2O2. The van der Waals surface area contributed by atoms with Gasteiger partial charge in [0.2, 0.25) is 0 Å². The molecule has 0 radical (unpaired) electrons. The van der Waals surface area contributed by atoms with Crippen LogP contribution in [0.15, 0.2) is 23.8 Å². The molecule has 2 aliphatic carbocycles. The fourth-order valence-electron chi connectivity index (χ4n) is 4.12. The first kappa shape index (κ1) is 17.1. The number of aromatic nitrogens is 1. The normalized spacial score (nSPS) is 16.8. The van der Waals surface area contributed by atoms with Gasteiger partial charge >= 0.3 is 0 Å². The van der Waals surface area contributed by atoms with E-state index >= 15 is 0 Å². The predicted octanol–water partition coefficient (Wildman–Crippen LogP) is 4.51. The Hall–Kier alpha value is -2.32. The van der Waals surface area contributed by atoms with Crippen molar-refractivity contribution >= 4 is 27.8 Å². The third-order valence-electron chi connectivity index (χ3n) is 5.32. The first-order valence-electron chi connectivity index (χ1n) is 8.67. The topological polar surface area (TPSA) is 65.9 Å². The summed E-state index contributed by atoms with van der Waals surface area (Å²) in [6.07, 6.45) is 2.74. The maximum Gasteiger partial charge on any atom is 0.170 e. The number of ketones is 1. The summed E-state index contributed by atoms with van der Waals surface area (Å²) in [7, 11) is 0. The molecule has 1 heterocycles. The van der Waals surface area contributed by atoms with Crippen LogP contribution in [-0.2, 0) is 11.8 Å². The fraction of sp³-hybridized carbons (Fsp3) is 0.333. The molecule has 0 bridgehead atoms. The van der Waals surface area contributed by atoms with Crippen molar-refractivity contribution in [3.05, 3.63) is 57.4 Å². The molecule has 1 aromatic heterocycles. The number of benzene rings is 1. The van der Waals surface area contributed by atoms with E-state index in [1.807, 2.05) is 12.1 Å². The number of Topliss-reactive ketones (excluding diaryl/α,β-unsaturated/α-hetero) is 1. The summed E-state index contributed by atoms with van der Waals surface area (Å²) in [5.41, 5.74) is 6.36. The van der Waals surface area contributed by atoms with Crippen molar-refractivity contribution < 1.29 is 9.53 Å². The van der Waals surface area contributed by atoms with E-state index in [1.54, 1.807) is 0 Å². The molecule has 0 amide bonds. The lowest BCUT2D eigenvalue weighted by atomic mass is 9.71. The minimum atomic E-state index is -0.269. The van der Waals surface area contributed by atoms with Gasteiger partial charge in [-0.2, -0.15) is 5.26 Å². The molecule has 132 valence electrons. The van der Waals surface area contributed by atoms with Crippen LogP contribution >= 0.6 is 15.9 Å². The Morgan fingerprint density at radius 2 is 2.15 bits per heavy atom. The SMILES string of the molecule is CC1(C)c2cc(OCCBr)ccc2Cc2c1[nH]c1c2C(=O)CC(C#N)=C1. The first-order valence-corrected chi connectivity index (χ1v) is 9.79. The smallest absolute Gasteiger partial charge is 0.170 e. The molecule has 0 saturated heterocycles. The van der Waals surface area contributed by atoms with Crippen molar-refractivity contribution in [3.8, 4) is 11.8 Å². The van der Waals surface area contributed by atoms with Gasteiger partial charge in [-0.05, 0) is 34.9 Å². The monoisotopic (exact) mass is 410 g/mol. The number of aromatic amines is 1. The summed E-state index contributed by atoms with van der Waals surface area (Å²) >= 11 is 3.38. The number of rotatable bonds is 3. The second-order valence-electron chi connectivity index (χ2n) is 7.31. The average molecular weight is 411 g/mol. The number of halogens is 1. The number of carbonyl (C=O) groups is 1. The summed E-state index contributed by atoms with van der Waals surface area (Å²) in [6.45, 7) is 4.95. The lowest BCUT2D eigenvalue weighted by Gasteiger charge is -2.33. The van der Waals surface area contributed by atoms with Crippen LogP contribution in [0, 0.1) is 11.3 Å². The van der Waals surface area contributed by atoms with Gasteiger partial charge < -0.3 is 9.72 Å². The first-order chi connectivity index (χ1) is 12.5. The van der Waals surface area contributed by atoms with Crippen molar-refractivity contribution in [3.63, 3.8) is 0 Å². The third-order valence-corrected chi connectivity index (χ3v) is 5.64. The summed E-state index contributed by atoms with van der Waals surface area (Å²) in [5, 5.41) is 9.97. The van der Waals surface area contributed by atoms with Gasteiger partial charge in [0, 0.05) is 40.4 Å². The van der Waals surface area contributed by atoms with E-state index in [4.69, 9.17) is 4.74 Å². The van der Waals surface area contributed by atoms with Crippen LogP contribution in [0.3, 0.4) is 0 Å². The van der Waals surface area contributed by atoms with Crippen molar-refractivity contribution in [2.24, 2.45) is 0 Å². The van der Waals surface area contributed by atoms with E-state index in [2.05, 4.69) is 53.0 Å². The molecule has 0 fully saturated rings. The minimum Gasteiger partial charge on any atom is -0.493 e. The number of alkyl halides is 1. The highest BCUT2D eigenvalue weighted by Gasteiger charge is 2.38. The summed E-state index contributed by atoms with van der Waals surface area (Å²) in [4.78, 5) is 16.1. The van der Waals surface area contributed by atoms with Crippen LogP contribution < -0.4 is 4.74 Å². The Morgan fingerprint density at radius 3 is 2.88 bits per heavy atom. The number of ether oxygens (including phenoxy) is 1. The molecule has 5 heteroatoms. The van der Waals surface area contributed by atoms with Crippen molar-refractivity contribution in [2.45, 2.75) is 32.1 Å². The maximum atomic E-state index is 12.6. The third kappa shape index (κ3) is 2.52. The number of hydrogen-bond donors (Lipinski definition) is 1. The van der Waals surface area contributed by atoms with E-state index in [1.165, 1.54) is 11.1 Å². The molecule has 0 atom stereocenters. The summed E-state index contributed by atoms with van der Waals surface area (Å²) in [6, 6.07) is 8.33. The van der Waals surface area contributed by atoms with Crippen LogP contribution in [0.25, 0.3) is 6.08 Å². The highest BCUT2D eigenvalue weighted by molar-refractivity contribution is 9.09. The second-order valence-corrected chi connectivity index (χ2v) is 8.10. The number of nitrogens with zero attached hydrogens (tertiary/aromatic N) is 1. The van der Waals surface area contributed by atoms with E-state index in [9.17, 15) is 10.1 Å². The largest absolute Gasteiger partial charge is 0.493 e. The molecule has 1 N–H and O–H groups in total. The molecule has 0 aliphatic heterocycles. The molecule has 26 heavy (non-hydrogen) atoms. The van der Waals surface area contributed by atoms with E-state index < -0.39 is 0 Å². The highest BCUT2D eigenvalue weighted by atomic mass is 79.9. The molecule has 2 aromatic rings. The molecule has 4 rings (SSSR count). The zero-order valence-corrected chi connectivity index (χ0v) is 16.4. The number of carbonyl (C=O) groups excluding carboxylic acids is 1. The fourth-order valence-corrected chi connectivity index (χ4v) is 4.28. The van der Waals surface area contributed by atoms with Gasteiger partial charge in [-0.3, -0.25) is 4.79 Å². The van der Waals surface area contributed by atoms with Crippen LogP contribution in [-0.4, -0.2) is 22.7 Å². The van der Waals surface area contributed by atoms with Crippen molar-refractivity contribution in [1.82, 2.24) is 4.98 Å². The number of hydrogen-bond acceptors (Lipinski definition) is 3. The van der Waals surface area contributed by atoms with Crippen molar-refractivity contribution in [2.75, 3.05) is 11.9 Å². The van der Waals surface area contributed by atoms with Crippen LogP contribution in [0.4, 0.5) is 0 Å². The maximum absolute atomic E-state index is 12.6.